The molecular weight excluding hydrogens is 232 g/mol. The molecule has 0 amide bonds. The molecule has 4 heteroatoms. The minimum Gasteiger partial charge on any atom is -0.497 e. The number of hydrogen-bond donors (Lipinski definition) is 1. The zero-order chi connectivity index (χ0) is 12.3. The van der Waals surface area contributed by atoms with Crippen molar-refractivity contribution in [3.8, 4) is 5.75 Å². The van der Waals surface area contributed by atoms with E-state index < -0.39 is 0 Å². The number of nitrogens with zero attached hydrogens (tertiary/aromatic N) is 1. The maximum absolute atomic E-state index is 5.81. The lowest BCUT2D eigenvalue weighted by Gasteiger charge is -2.28. The SMILES string of the molecule is COc1ccc(CN)c(N(C)C2CCSC2)c1. The average molecular weight is 252 g/mol. The lowest BCUT2D eigenvalue weighted by molar-refractivity contribution is 0.414. The Morgan fingerprint density at radius 3 is 2.94 bits per heavy atom. The van der Waals surface area contributed by atoms with Crippen molar-refractivity contribution in [1.29, 1.82) is 0 Å². The van der Waals surface area contributed by atoms with E-state index in [9.17, 15) is 0 Å². The van der Waals surface area contributed by atoms with Gasteiger partial charge in [-0.15, -0.1) is 0 Å². The second-order valence-electron chi connectivity index (χ2n) is 4.33. The molecule has 0 saturated carbocycles. The Labute approximate surface area is 107 Å². The minimum absolute atomic E-state index is 0.573. The fraction of sp³-hybridized carbons (Fsp3) is 0.538. The van der Waals surface area contributed by atoms with Crippen LogP contribution in [0.4, 0.5) is 5.69 Å². The lowest BCUT2D eigenvalue weighted by atomic mass is 10.1. The van der Waals surface area contributed by atoms with Gasteiger partial charge in [-0.2, -0.15) is 11.8 Å². The fourth-order valence-electron chi connectivity index (χ4n) is 2.20. The highest BCUT2D eigenvalue weighted by atomic mass is 32.2. The first-order valence-electron chi connectivity index (χ1n) is 5.94. The average Bonchev–Trinajstić information content (AvgIpc) is 2.91. The van der Waals surface area contributed by atoms with Gasteiger partial charge in [-0.05, 0) is 23.8 Å². The van der Waals surface area contributed by atoms with Crippen LogP contribution in [0.2, 0.25) is 0 Å². The monoisotopic (exact) mass is 252 g/mol. The van der Waals surface area contributed by atoms with Gasteiger partial charge in [0, 0.05) is 37.1 Å². The molecule has 0 aromatic heterocycles. The zero-order valence-corrected chi connectivity index (χ0v) is 11.3. The van der Waals surface area contributed by atoms with E-state index in [-0.39, 0.29) is 0 Å². The molecule has 0 spiro atoms. The first-order chi connectivity index (χ1) is 8.26. The summed E-state index contributed by atoms with van der Waals surface area (Å²) in [6.45, 7) is 0.573. The molecule has 1 atom stereocenters. The molecule has 94 valence electrons. The van der Waals surface area contributed by atoms with E-state index >= 15 is 0 Å². The third kappa shape index (κ3) is 2.69. The van der Waals surface area contributed by atoms with Crippen LogP contribution in [0.1, 0.15) is 12.0 Å². The number of benzene rings is 1. The van der Waals surface area contributed by atoms with Crippen LogP contribution in [0.15, 0.2) is 18.2 Å². The molecule has 1 unspecified atom stereocenters. The Bertz CT molecular complexity index is 378. The van der Waals surface area contributed by atoms with Crippen molar-refractivity contribution < 1.29 is 4.74 Å². The van der Waals surface area contributed by atoms with E-state index in [0.717, 1.165) is 5.75 Å². The maximum Gasteiger partial charge on any atom is 0.120 e. The molecule has 1 aliphatic heterocycles. The Balaban J connectivity index is 2.27. The Morgan fingerprint density at radius 2 is 2.35 bits per heavy atom. The van der Waals surface area contributed by atoms with Crippen LogP contribution in [-0.4, -0.2) is 31.7 Å². The maximum atomic E-state index is 5.81. The van der Waals surface area contributed by atoms with Crippen LogP contribution >= 0.6 is 11.8 Å². The van der Waals surface area contributed by atoms with Gasteiger partial charge in [0.05, 0.1) is 7.11 Å². The molecule has 1 aromatic rings. The molecule has 1 aromatic carbocycles. The van der Waals surface area contributed by atoms with Gasteiger partial charge in [0.1, 0.15) is 5.75 Å². The number of anilines is 1. The summed E-state index contributed by atoms with van der Waals surface area (Å²) < 4.78 is 5.29. The summed E-state index contributed by atoms with van der Waals surface area (Å²) in [5.74, 6) is 3.36. The topological polar surface area (TPSA) is 38.5 Å². The highest BCUT2D eigenvalue weighted by molar-refractivity contribution is 7.99. The number of methoxy groups -OCH3 is 1. The van der Waals surface area contributed by atoms with Crippen LogP contribution in [0.25, 0.3) is 0 Å². The molecule has 0 aliphatic carbocycles. The number of thioether (sulfide) groups is 1. The number of hydrogen-bond acceptors (Lipinski definition) is 4. The van der Waals surface area contributed by atoms with Gasteiger partial charge in [0.15, 0.2) is 0 Å². The number of nitrogens with two attached hydrogens (primary N) is 1. The van der Waals surface area contributed by atoms with E-state index in [4.69, 9.17) is 10.5 Å². The van der Waals surface area contributed by atoms with Crippen molar-refractivity contribution >= 4 is 17.4 Å². The smallest absolute Gasteiger partial charge is 0.120 e. The quantitative estimate of drug-likeness (QED) is 0.890. The Kier molecular flexibility index (Phi) is 4.18. The van der Waals surface area contributed by atoms with Crippen molar-refractivity contribution in [3.63, 3.8) is 0 Å². The van der Waals surface area contributed by atoms with E-state index in [2.05, 4.69) is 24.1 Å². The van der Waals surface area contributed by atoms with Gasteiger partial charge < -0.3 is 15.4 Å². The second kappa shape index (κ2) is 5.65. The van der Waals surface area contributed by atoms with Crippen LogP contribution < -0.4 is 15.4 Å². The molecule has 1 saturated heterocycles. The van der Waals surface area contributed by atoms with Crippen LogP contribution in [0.5, 0.6) is 5.75 Å². The lowest BCUT2D eigenvalue weighted by Crippen LogP contribution is -2.32. The van der Waals surface area contributed by atoms with E-state index in [0.29, 0.717) is 12.6 Å². The summed E-state index contributed by atoms with van der Waals surface area (Å²) in [7, 11) is 3.86. The normalized spacial score (nSPS) is 19.4. The Morgan fingerprint density at radius 1 is 1.53 bits per heavy atom. The standard InChI is InChI=1S/C13H20N2OS/c1-15(11-5-6-17-9-11)13-7-12(16-2)4-3-10(13)8-14/h3-4,7,11H,5-6,8-9,14H2,1-2H3. The first kappa shape index (κ1) is 12.6. The summed E-state index contributed by atoms with van der Waals surface area (Å²) in [4.78, 5) is 2.35. The number of rotatable bonds is 4. The molecular formula is C13H20N2OS. The molecule has 1 aliphatic rings. The molecule has 0 radical (unpaired) electrons. The van der Waals surface area contributed by atoms with Crippen molar-refractivity contribution in [3.05, 3.63) is 23.8 Å². The highest BCUT2D eigenvalue weighted by Gasteiger charge is 2.22. The van der Waals surface area contributed by atoms with E-state index in [1.165, 1.54) is 29.2 Å². The first-order valence-corrected chi connectivity index (χ1v) is 7.09. The van der Waals surface area contributed by atoms with Gasteiger partial charge in [-0.1, -0.05) is 6.07 Å². The predicted molar refractivity (Wildman–Crippen MR) is 75.0 cm³/mol. The molecule has 2 rings (SSSR count). The Hall–Kier alpha value is -0.870. The molecule has 3 nitrogen and oxygen atoms in total. The van der Waals surface area contributed by atoms with E-state index in [1.54, 1.807) is 7.11 Å². The summed E-state index contributed by atoms with van der Waals surface area (Å²) in [5, 5.41) is 0. The molecule has 17 heavy (non-hydrogen) atoms. The summed E-state index contributed by atoms with van der Waals surface area (Å²) in [6.07, 6.45) is 1.25. The van der Waals surface area contributed by atoms with Gasteiger partial charge >= 0.3 is 0 Å². The van der Waals surface area contributed by atoms with Gasteiger partial charge in [-0.25, -0.2) is 0 Å². The molecule has 2 N–H and O–H groups in total. The largest absolute Gasteiger partial charge is 0.497 e. The second-order valence-corrected chi connectivity index (χ2v) is 5.48. The summed E-state index contributed by atoms with van der Waals surface area (Å²) >= 11 is 2.02. The zero-order valence-electron chi connectivity index (χ0n) is 10.5. The van der Waals surface area contributed by atoms with Crippen molar-refractivity contribution in [2.24, 2.45) is 5.73 Å². The highest BCUT2D eigenvalue weighted by Crippen LogP contribution is 2.30. The molecule has 1 fully saturated rings. The van der Waals surface area contributed by atoms with Crippen LogP contribution in [0.3, 0.4) is 0 Å². The van der Waals surface area contributed by atoms with Gasteiger partial charge in [-0.3, -0.25) is 0 Å². The van der Waals surface area contributed by atoms with Crippen LogP contribution in [-0.2, 0) is 6.54 Å². The van der Waals surface area contributed by atoms with Gasteiger partial charge in [0.25, 0.3) is 0 Å². The summed E-state index contributed by atoms with van der Waals surface area (Å²) in [6, 6.07) is 6.75. The minimum atomic E-state index is 0.573. The van der Waals surface area contributed by atoms with Crippen LogP contribution in [0, 0.1) is 0 Å². The predicted octanol–water partition coefficient (Wildman–Crippen LogP) is 2.10. The molecule has 1 heterocycles. The third-order valence-corrected chi connectivity index (χ3v) is 4.49. The third-order valence-electron chi connectivity index (χ3n) is 3.35. The molecule has 0 bridgehead atoms. The van der Waals surface area contributed by atoms with E-state index in [1.807, 2.05) is 17.8 Å². The van der Waals surface area contributed by atoms with Crippen molar-refractivity contribution in [2.45, 2.75) is 19.0 Å². The van der Waals surface area contributed by atoms with Gasteiger partial charge in [0.2, 0.25) is 0 Å². The van der Waals surface area contributed by atoms with Crippen molar-refractivity contribution in [1.82, 2.24) is 0 Å². The number of ether oxygens (including phenoxy) is 1. The fourth-order valence-corrected chi connectivity index (χ4v) is 3.46. The summed E-state index contributed by atoms with van der Waals surface area (Å²) in [5.41, 5.74) is 8.20. The van der Waals surface area contributed by atoms with Crippen molar-refractivity contribution in [2.75, 3.05) is 30.6 Å².